The number of fused-ring (bicyclic) bond motifs is 3. The van der Waals surface area contributed by atoms with Gasteiger partial charge >= 0.3 is 230 Å². The summed E-state index contributed by atoms with van der Waals surface area (Å²) in [6.07, 6.45) is 0. The normalized spacial score (nSPS) is 11.3. The zero-order valence-electron chi connectivity index (χ0n) is 21.1. The minimum absolute atomic E-state index is 0.0621. The molecule has 0 unspecified atom stereocenters. The first-order chi connectivity index (χ1) is 18.6. The number of nitrogens with zero attached hydrogens (tertiary/aromatic N) is 3. The van der Waals surface area contributed by atoms with Crippen molar-refractivity contribution in [1.29, 1.82) is 10.5 Å². The molecule has 0 N–H and O–H groups in total. The van der Waals surface area contributed by atoms with Crippen LogP contribution in [0.1, 0.15) is 22.3 Å². The van der Waals surface area contributed by atoms with Crippen LogP contribution >= 0.6 is 0 Å². The third kappa shape index (κ3) is 4.07. The average molecular weight is 553 g/mol. The van der Waals surface area contributed by atoms with Crippen molar-refractivity contribution in [2.75, 3.05) is 4.90 Å². The predicted molar refractivity (Wildman–Crippen MR) is 156 cm³/mol. The molecule has 1 heterocycles. The van der Waals surface area contributed by atoms with Gasteiger partial charge in [-0.3, -0.25) is 0 Å². The van der Waals surface area contributed by atoms with Crippen LogP contribution in [0, 0.1) is 36.5 Å². The number of benzene rings is 4. The van der Waals surface area contributed by atoms with E-state index in [9.17, 15) is 10.5 Å². The molecule has 38 heavy (non-hydrogen) atoms. The van der Waals surface area contributed by atoms with Crippen LogP contribution in [-0.4, -0.2) is 14.5 Å². The molecule has 0 saturated carbocycles. The molecule has 0 amide bonds. The van der Waals surface area contributed by atoms with E-state index in [1.807, 2.05) is 18.2 Å². The van der Waals surface area contributed by atoms with Gasteiger partial charge < -0.3 is 0 Å². The van der Waals surface area contributed by atoms with Gasteiger partial charge in [-0.1, -0.05) is 0 Å². The summed E-state index contributed by atoms with van der Waals surface area (Å²) in [5, 5.41) is 19.4. The molecule has 0 fully saturated rings. The fourth-order valence-corrected chi connectivity index (χ4v) is 7.21. The van der Waals surface area contributed by atoms with E-state index in [-0.39, 0.29) is 20.1 Å². The summed E-state index contributed by atoms with van der Waals surface area (Å²) >= 11 is 0.0621. The van der Waals surface area contributed by atoms with Crippen molar-refractivity contribution in [2.24, 2.45) is 0 Å². The second kappa shape index (κ2) is 9.70. The van der Waals surface area contributed by atoms with E-state index < -0.39 is 0 Å². The van der Waals surface area contributed by atoms with E-state index in [1.54, 1.807) is 0 Å². The Balaban J connectivity index is 1.46. The van der Waals surface area contributed by atoms with Crippen LogP contribution in [-0.2, 0) is 0 Å². The summed E-state index contributed by atoms with van der Waals surface area (Å²) in [5.74, 6) is 0. The summed E-state index contributed by atoms with van der Waals surface area (Å²) in [7, 11) is 0. The molecule has 4 aromatic carbocycles. The Morgan fingerprint density at radius 3 is 1.82 bits per heavy atom. The molecule has 5 aromatic rings. The number of hydrogen-bond donors (Lipinski definition) is 0. The van der Waals surface area contributed by atoms with Crippen molar-refractivity contribution >= 4 is 36.0 Å². The Bertz CT molecular complexity index is 1730. The predicted octanol–water partition coefficient (Wildman–Crippen LogP) is 8.33. The van der Waals surface area contributed by atoms with Crippen LogP contribution in [0.25, 0.3) is 26.7 Å². The Kier molecular flexibility index (Phi) is 6.07. The van der Waals surface area contributed by atoms with Gasteiger partial charge in [0.15, 0.2) is 0 Å². The molecule has 3 nitrogen and oxygen atoms in total. The van der Waals surface area contributed by atoms with E-state index >= 15 is 0 Å². The van der Waals surface area contributed by atoms with Crippen molar-refractivity contribution in [3.63, 3.8) is 0 Å². The third-order valence-corrected chi connectivity index (χ3v) is 9.28. The molecule has 0 aliphatic heterocycles. The fraction of sp³-hybridized carbons (Fsp3) is 0.0588. The molecule has 4 heteroatoms. The van der Waals surface area contributed by atoms with Crippen LogP contribution in [0.2, 0.25) is 0 Å². The quantitative estimate of drug-likeness (QED) is 0.163. The van der Waals surface area contributed by atoms with Gasteiger partial charge in [0.25, 0.3) is 0 Å². The van der Waals surface area contributed by atoms with Crippen LogP contribution in [0.15, 0.2) is 109 Å². The van der Waals surface area contributed by atoms with Crippen LogP contribution < -0.4 is 4.90 Å². The van der Waals surface area contributed by atoms with Crippen molar-refractivity contribution in [1.82, 2.24) is 0 Å². The van der Waals surface area contributed by atoms with E-state index in [0.29, 0.717) is 0 Å². The van der Waals surface area contributed by atoms with Crippen molar-refractivity contribution in [3.8, 4) is 33.3 Å². The first kappa shape index (κ1) is 23.8. The van der Waals surface area contributed by atoms with Crippen LogP contribution in [0.5, 0.6) is 0 Å². The zero-order chi connectivity index (χ0) is 26.2. The molecule has 1 aliphatic rings. The molecular formula is C34H23N3Se. The number of hydrogen-bond acceptors (Lipinski definition) is 3. The third-order valence-electron chi connectivity index (χ3n) is 6.93. The maximum absolute atomic E-state index is 9.71. The first-order valence-corrected chi connectivity index (χ1v) is 14.1. The van der Waals surface area contributed by atoms with Crippen LogP contribution in [0.3, 0.4) is 0 Å². The standard InChI is InChI=1S/C34H23N3Se/c1-22-7-12-26(13-8-22)37(27-14-9-23(2)10-15-27)33-18-17-32(38-33)24-11-16-29-28-5-3-4-6-30(28)34(31(29)19-24)25(20-35)21-36/h3-19H,1-2H3. The van der Waals surface area contributed by atoms with Gasteiger partial charge in [0, 0.05) is 0 Å². The Morgan fingerprint density at radius 1 is 0.632 bits per heavy atom. The van der Waals surface area contributed by atoms with Gasteiger partial charge in [-0.05, 0) is 0 Å². The molecule has 6 rings (SSSR count). The second-order valence-corrected chi connectivity index (χ2v) is 11.7. The monoisotopic (exact) mass is 553 g/mol. The molecule has 0 bridgehead atoms. The summed E-state index contributed by atoms with van der Waals surface area (Å²) in [5.41, 5.74) is 10.8. The fourth-order valence-electron chi connectivity index (χ4n) is 5.02. The Hall–Kier alpha value is -4.60. The number of anilines is 3. The number of allylic oxidation sites excluding steroid dienone is 1. The summed E-state index contributed by atoms with van der Waals surface area (Å²) in [6.45, 7) is 4.22. The van der Waals surface area contributed by atoms with E-state index in [4.69, 9.17) is 0 Å². The molecule has 1 aromatic heterocycles. The molecule has 180 valence electrons. The number of aryl methyl sites for hydroxylation is 2. The molecule has 0 spiro atoms. The summed E-state index contributed by atoms with van der Waals surface area (Å²) in [4.78, 5) is 2.35. The van der Waals surface area contributed by atoms with Gasteiger partial charge in [-0.25, -0.2) is 0 Å². The van der Waals surface area contributed by atoms with Gasteiger partial charge in [-0.2, -0.15) is 0 Å². The first-order valence-electron chi connectivity index (χ1n) is 12.4. The van der Waals surface area contributed by atoms with Crippen molar-refractivity contribution < 1.29 is 0 Å². The van der Waals surface area contributed by atoms with Gasteiger partial charge in [0.1, 0.15) is 0 Å². The van der Waals surface area contributed by atoms with Crippen LogP contribution in [0.4, 0.5) is 15.9 Å². The minimum atomic E-state index is 0.0621. The second-order valence-electron chi connectivity index (χ2n) is 9.42. The van der Waals surface area contributed by atoms with E-state index in [2.05, 4.69) is 116 Å². The number of rotatable bonds is 4. The van der Waals surface area contributed by atoms with Crippen molar-refractivity contribution in [3.05, 3.63) is 131 Å². The molecule has 0 radical (unpaired) electrons. The molecule has 0 atom stereocenters. The maximum atomic E-state index is 9.71. The summed E-state index contributed by atoms with van der Waals surface area (Å²) in [6, 6.07) is 40.5. The van der Waals surface area contributed by atoms with Crippen molar-refractivity contribution in [2.45, 2.75) is 13.8 Å². The average Bonchev–Trinajstić information content (AvgIpc) is 3.55. The topological polar surface area (TPSA) is 50.8 Å². The molecule has 1 aliphatic carbocycles. The number of nitriles is 2. The Labute approximate surface area is 228 Å². The van der Waals surface area contributed by atoms with E-state index in [1.165, 1.54) is 20.1 Å². The van der Waals surface area contributed by atoms with Gasteiger partial charge in [0.05, 0.1) is 0 Å². The summed E-state index contributed by atoms with van der Waals surface area (Å²) < 4.78 is 2.53. The van der Waals surface area contributed by atoms with Gasteiger partial charge in [0.2, 0.25) is 0 Å². The SMILES string of the molecule is Cc1ccc(N(c2ccc(C)cc2)c2ccc(-c3ccc4c(c3)C(=C(C#N)C#N)c3ccccc3-4)[se]2)cc1. The van der Waals surface area contributed by atoms with E-state index in [0.717, 1.165) is 44.8 Å². The van der Waals surface area contributed by atoms with Gasteiger partial charge in [-0.15, -0.1) is 0 Å². The zero-order valence-corrected chi connectivity index (χ0v) is 22.8. The molecule has 0 saturated heterocycles. The molecular weight excluding hydrogens is 529 g/mol. The Morgan fingerprint density at radius 2 is 1.21 bits per heavy atom.